The molecular weight excluding hydrogens is 370 g/mol. The summed E-state index contributed by atoms with van der Waals surface area (Å²) >= 11 is 4.14. The molecule has 0 atom stereocenters. The predicted molar refractivity (Wildman–Crippen MR) is 59.6 cm³/mol. The Bertz CT molecular complexity index is 321. The van der Waals surface area contributed by atoms with Crippen LogP contribution in [0.25, 0.3) is 0 Å². The molecule has 1 heterocycles. The lowest BCUT2D eigenvalue weighted by Gasteiger charge is -2.00. The number of aryl methyl sites for hydroxylation is 1. The van der Waals surface area contributed by atoms with Gasteiger partial charge in [-0.2, -0.15) is 5.10 Å². The molecule has 0 spiro atoms. The van der Waals surface area contributed by atoms with E-state index in [1.165, 1.54) is 4.68 Å². The van der Waals surface area contributed by atoms with Crippen molar-refractivity contribution in [3.05, 3.63) is 23.7 Å². The first-order valence-electron chi connectivity index (χ1n) is 3.08. The van der Waals surface area contributed by atoms with Gasteiger partial charge in [-0.1, -0.05) is 0 Å². The highest BCUT2D eigenvalue weighted by molar-refractivity contribution is 14.1. The van der Waals surface area contributed by atoms with E-state index in [0.717, 1.165) is 7.14 Å². The topological polar surface area (TPSA) is 34.9 Å². The van der Waals surface area contributed by atoms with E-state index in [4.69, 9.17) is 0 Å². The molecular formula is C6H6I2N2O. The largest absolute Gasteiger partial charge is 0.281 e. The van der Waals surface area contributed by atoms with Gasteiger partial charge in [0.2, 0.25) is 0 Å². The van der Waals surface area contributed by atoms with Gasteiger partial charge < -0.3 is 0 Å². The van der Waals surface area contributed by atoms with E-state index in [-0.39, 0.29) is 5.56 Å². The third-order valence-corrected chi connectivity index (χ3v) is 4.13. The Morgan fingerprint density at radius 3 is 2.82 bits per heavy atom. The summed E-state index contributed by atoms with van der Waals surface area (Å²) in [6, 6.07) is 0. The monoisotopic (exact) mass is 376 g/mol. The Morgan fingerprint density at radius 2 is 2.27 bits per heavy atom. The van der Waals surface area contributed by atoms with Crippen LogP contribution in [0.4, 0.5) is 0 Å². The third-order valence-electron chi connectivity index (χ3n) is 1.24. The van der Waals surface area contributed by atoms with Crippen LogP contribution in [0.1, 0.15) is 6.92 Å². The van der Waals surface area contributed by atoms with E-state index in [0.29, 0.717) is 6.54 Å². The van der Waals surface area contributed by atoms with Gasteiger partial charge in [-0.05, 0) is 52.1 Å². The Hall–Kier alpha value is 0.340. The number of hydrogen-bond acceptors (Lipinski definition) is 2. The van der Waals surface area contributed by atoms with Gasteiger partial charge >= 0.3 is 0 Å². The SMILES string of the molecule is CCn1ncc(I)c(I)c1=O. The zero-order valence-corrected chi connectivity index (χ0v) is 10.2. The minimum Gasteiger partial charge on any atom is -0.267 e. The van der Waals surface area contributed by atoms with Crippen LogP contribution in [-0.4, -0.2) is 9.78 Å². The Balaban J connectivity index is 3.37. The number of rotatable bonds is 1. The molecule has 5 heteroatoms. The Labute approximate surface area is 91.5 Å². The fraction of sp³-hybridized carbons (Fsp3) is 0.333. The lowest BCUT2D eigenvalue weighted by Crippen LogP contribution is -2.24. The molecule has 0 radical (unpaired) electrons. The quantitative estimate of drug-likeness (QED) is 0.697. The van der Waals surface area contributed by atoms with Crippen molar-refractivity contribution in [3.8, 4) is 0 Å². The predicted octanol–water partition coefficient (Wildman–Crippen LogP) is 1.47. The van der Waals surface area contributed by atoms with Gasteiger partial charge in [-0.25, -0.2) is 4.68 Å². The molecule has 60 valence electrons. The molecule has 0 amide bonds. The number of halogens is 2. The van der Waals surface area contributed by atoms with E-state index in [1.54, 1.807) is 6.20 Å². The van der Waals surface area contributed by atoms with Crippen molar-refractivity contribution >= 4 is 45.2 Å². The molecule has 1 aromatic heterocycles. The van der Waals surface area contributed by atoms with Crippen molar-refractivity contribution in [1.82, 2.24) is 9.78 Å². The van der Waals surface area contributed by atoms with Crippen LogP contribution in [0.3, 0.4) is 0 Å². The summed E-state index contributed by atoms with van der Waals surface area (Å²) < 4.78 is 3.11. The van der Waals surface area contributed by atoms with Gasteiger partial charge in [0, 0.05) is 6.54 Å². The molecule has 0 fully saturated rings. The lowest BCUT2D eigenvalue weighted by atomic mass is 10.6. The van der Waals surface area contributed by atoms with Crippen LogP contribution in [0.5, 0.6) is 0 Å². The molecule has 0 N–H and O–H groups in total. The van der Waals surface area contributed by atoms with E-state index in [2.05, 4.69) is 27.7 Å². The summed E-state index contributed by atoms with van der Waals surface area (Å²) in [6.45, 7) is 2.53. The summed E-state index contributed by atoms with van der Waals surface area (Å²) in [5.74, 6) is 0. The van der Waals surface area contributed by atoms with Gasteiger partial charge in [0.15, 0.2) is 0 Å². The first kappa shape index (κ1) is 9.43. The maximum absolute atomic E-state index is 11.3. The maximum atomic E-state index is 11.3. The summed E-state index contributed by atoms with van der Waals surface area (Å²) in [4.78, 5) is 11.3. The lowest BCUT2D eigenvalue weighted by molar-refractivity contribution is 0.609. The second-order valence-electron chi connectivity index (χ2n) is 1.93. The molecule has 11 heavy (non-hydrogen) atoms. The molecule has 0 aliphatic carbocycles. The van der Waals surface area contributed by atoms with E-state index in [1.807, 2.05) is 29.5 Å². The van der Waals surface area contributed by atoms with Crippen LogP contribution in [0, 0.1) is 7.14 Å². The zero-order valence-electron chi connectivity index (χ0n) is 5.84. The summed E-state index contributed by atoms with van der Waals surface area (Å²) in [5, 5.41) is 3.95. The first-order chi connectivity index (χ1) is 5.16. The van der Waals surface area contributed by atoms with Crippen LogP contribution >= 0.6 is 45.2 Å². The van der Waals surface area contributed by atoms with Crippen LogP contribution in [-0.2, 0) is 6.54 Å². The molecule has 0 aromatic carbocycles. The fourth-order valence-corrected chi connectivity index (χ4v) is 1.44. The zero-order chi connectivity index (χ0) is 8.43. The molecule has 0 aliphatic heterocycles. The van der Waals surface area contributed by atoms with Crippen molar-refractivity contribution < 1.29 is 0 Å². The highest BCUT2D eigenvalue weighted by atomic mass is 127. The molecule has 1 aromatic rings. The van der Waals surface area contributed by atoms with Crippen molar-refractivity contribution in [3.63, 3.8) is 0 Å². The average molecular weight is 376 g/mol. The normalized spacial score (nSPS) is 10.1. The molecule has 3 nitrogen and oxygen atoms in total. The van der Waals surface area contributed by atoms with Crippen molar-refractivity contribution in [2.24, 2.45) is 0 Å². The number of aromatic nitrogens is 2. The highest BCUT2D eigenvalue weighted by Crippen LogP contribution is 2.07. The smallest absolute Gasteiger partial charge is 0.267 e. The minimum atomic E-state index is 0.000000000000000222. The third kappa shape index (κ3) is 1.92. The summed E-state index contributed by atoms with van der Waals surface area (Å²) in [7, 11) is 0. The molecule has 0 aliphatic rings. The minimum absolute atomic E-state index is 0.000000000000000222. The molecule has 0 unspecified atom stereocenters. The molecule has 0 bridgehead atoms. The van der Waals surface area contributed by atoms with Gasteiger partial charge in [-0.15, -0.1) is 0 Å². The molecule has 0 saturated carbocycles. The highest BCUT2D eigenvalue weighted by Gasteiger charge is 2.03. The van der Waals surface area contributed by atoms with E-state index in [9.17, 15) is 4.79 Å². The maximum Gasteiger partial charge on any atom is 0.281 e. The van der Waals surface area contributed by atoms with Crippen LogP contribution in [0.2, 0.25) is 0 Å². The average Bonchev–Trinajstić information content (AvgIpc) is 2.01. The molecule has 1 rings (SSSR count). The molecule has 0 saturated heterocycles. The van der Waals surface area contributed by atoms with Crippen molar-refractivity contribution in [1.29, 1.82) is 0 Å². The summed E-state index contributed by atoms with van der Waals surface area (Å²) in [6.07, 6.45) is 1.70. The Kier molecular flexibility index (Phi) is 3.29. The van der Waals surface area contributed by atoms with Gasteiger partial charge in [-0.3, -0.25) is 4.79 Å². The second kappa shape index (κ2) is 3.83. The number of nitrogens with zero attached hydrogens (tertiary/aromatic N) is 2. The number of hydrogen-bond donors (Lipinski definition) is 0. The van der Waals surface area contributed by atoms with Gasteiger partial charge in [0.1, 0.15) is 0 Å². The van der Waals surface area contributed by atoms with E-state index >= 15 is 0 Å². The Morgan fingerprint density at radius 1 is 1.64 bits per heavy atom. The van der Waals surface area contributed by atoms with Crippen LogP contribution < -0.4 is 5.56 Å². The van der Waals surface area contributed by atoms with E-state index < -0.39 is 0 Å². The standard InChI is InChI=1S/C6H6I2N2O/c1-2-10-6(11)5(8)4(7)3-9-10/h3H,2H2,1H3. The van der Waals surface area contributed by atoms with Crippen molar-refractivity contribution in [2.45, 2.75) is 13.5 Å². The second-order valence-corrected chi connectivity index (χ2v) is 4.17. The van der Waals surface area contributed by atoms with Gasteiger partial charge in [0.05, 0.1) is 13.3 Å². The first-order valence-corrected chi connectivity index (χ1v) is 5.23. The van der Waals surface area contributed by atoms with Gasteiger partial charge in [0.25, 0.3) is 5.56 Å². The summed E-state index contributed by atoms with van der Waals surface area (Å²) in [5.41, 5.74) is 0.000000000000000222. The van der Waals surface area contributed by atoms with Crippen LogP contribution in [0.15, 0.2) is 11.0 Å². The fourth-order valence-electron chi connectivity index (χ4n) is 0.670. The van der Waals surface area contributed by atoms with Crippen molar-refractivity contribution in [2.75, 3.05) is 0 Å².